The lowest BCUT2D eigenvalue weighted by Gasteiger charge is -2.24. The van der Waals surface area contributed by atoms with E-state index in [1.165, 1.54) is 61.5 Å². The summed E-state index contributed by atoms with van der Waals surface area (Å²) in [5.41, 5.74) is 10.2. The van der Waals surface area contributed by atoms with Gasteiger partial charge in [0.05, 0.1) is 14.2 Å². The number of nitrogens with two attached hydrogens (primary N) is 2. The molecule has 4 N–H and O–H groups in total. The number of Topliss-reactive ketones (excluding diaryl/α,β-unsaturated/α-hetero) is 1. The van der Waals surface area contributed by atoms with E-state index in [0.717, 1.165) is 38.5 Å². The van der Waals surface area contributed by atoms with Crippen molar-refractivity contribution in [1.82, 2.24) is 0 Å². The van der Waals surface area contributed by atoms with E-state index in [2.05, 4.69) is 36.0 Å². The molecule has 0 radical (unpaired) electrons. The molecular formula is C26H46N2O5S2. The fourth-order valence-corrected chi connectivity index (χ4v) is 5.69. The average Bonchev–Trinajstić information content (AvgIpc) is 2.87. The van der Waals surface area contributed by atoms with Gasteiger partial charge in [0.15, 0.2) is 11.3 Å². The van der Waals surface area contributed by atoms with Crippen molar-refractivity contribution < 1.29 is 23.9 Å². The number of hydrogen-bond acceptors (Lipinski definition) is 9. The average molecular weight is 531 g/mol. The second kappa shape index (κ2) is 21.9. The maximum Gasteiger partial charge on any atom is 0.334 e. The Hall–Kier alpha value is -1.29. The van der Waals surface area contributed by atoms with Gasteiger partial charge in [0, 0.05) is 17.9 Å². The summed E-state index contributed by atoms with van der Waals surface area (Å²) in [6.45, 7) is 2.22. The number of esters is 2. The normalized spacial score (nSPS) is 14.2. The van der Waals surface area contributed by atoms with Gasteiger partial charge < -0.3 is 20.9 Å². The fraction of sp³-hybridized carbons (Fsp3) is 0.731. The maximum atomic E-state index is 12.7. The number of unbranched alkanes of at least 4 members (excludes halogenated alkanes) is 8. The summed E-state index contributed by atoms with van der Waals surface area (Å²) in [6, 6.07) is -0.772. The molecule has 0 saturated heterocycles. The molecule has 0 aromatic carbocycles. The van der Waals surface area contributed by atoms with Crippen LogP contribution in [-0.2, 0) is 23.9 Å². The van der Waals surface area contributed by atoms with Crippen LogP contribution in [0.5, 0.6) is 0 Å². The van der Waals surface area contributed by atoms with Gasteiger partial charge in [-0.3, -0.25) is 9.59 Å². The summed E-state index contributed by atoms with van der Waals surface area (Å²) in [5, 5.41) is 0. The highest BCUT2D eigenvalue weighted by Crippen LogP contribution is 2.27. The topological polar surface area (TPSA) is 122 Å². The van der Waals surface area contributed by atoms with Gasteiger partial charge in [-0.1, -0.05) is 84.9 Å². The summed E-state index contributed by atoms with van der Waals surface area (Å²) in [7, 11) is 4.99. The van der Waals surface area contributed by atoms with Crippen LogP contribution in [0.15, 0.2) is 24.3 Å². The van der Waals surface area contributed by atoms with Crippen LogP contribution < -0.4 is 11.5 Å². The van der Waals surface area contributed by atoms with Crippen LogP contribution in [0.3, 0.4) is 0 Å². The van der Waals surface area contributed by atoms with Crippen molar-refractivity contribution in [1.29, 1.82) is 0 Å². The van der Waals surface area contributed by atoms with Crippen LogP contribution >= 0.6 is 21.6 Å². The summed E-state index contributed by atoms with van der Waals surface area (Å²) in [6.07, 6.45) is 21.2. The van der Waals surface area contributed by atoms with Crippen molar-refractivity contribution in [2.45, 2.75) is 95.6 Å². The lowest BCUT2D eigenvalue weighted by atomic mass is 9.93. The van der Waals surface area contributed by atoms with Crippen LogP contribution in [0.1, 0.15) is 84.0 Å². The molecule has 0 amide bonds. The zero-order valence-corrected chi connectivity index (χ0v) is 23.4. The van der Waals surface area contributed by atoms with Crippen molar-refractivity contribution in [3.05, 3.63) is 24.3 Å². The molecule has 0 spiro atoms. The Bertz CT molecular complexity index is 658. The Morgan fingerprint density at radius 3 is 2.06 bits per heavy atom. The predicted octanol–water partition coefficient (Wildman–Crippen LogP) is 5.12. The molecule has 0 saturated carbocycles. The van der Waals surface area contributed by atoms with E-state index in [1.807, 2.05) is 0 Å². The lowest BCUT2D eigenvalue weighted by molar-refractivity contribution is -0.150. The summed E-state index contributed by atoms with van der Waals surface area (Å²) >= 11 is 0. The van der Waals surface area contributed by atoms with Gasteiger partial charge in [0.1, 0.15) is 6.04 Å². The minimum atomic E-state index is -1.70. The molecule has 0 aliphatic rings. The Balaban J connectivity index is 4.09. The van der Waals surface area contributed by atoms with Gasteiger partial charge in [-0.15, -0.1) is 0 Å². The molecule has 2 atom stereocenters. The molecule has 0 aromatic heterocycles. The first-order valence-electron chi connectivity index (χ1n) is 12.6. The molecule has 202 valence electrons. The first kappa shape index (κ1) is 33.7. The number of ketones is 1. The van der Waals surface area contributed by atoms with E-state index >= 15 is 0 Å². The first-order chi connectivity index (χ1) is 16.8. The van der Waals surface area contributed by atoms with E-state index in [0.29, 0.717) is 6.42 Å². The molecular weight excluding hydrogens is 484 g/mol. The molecule has 0 rings (SSSR count). The minimum absolute atomic E-state index is 0.0529. The largest absolute Gasteiger partial charge is 0.468 e. The Labute approximate surface area is 220 Å². The Morgan fingerprint density at radius 1 is 0.857 bits per heavy atom. The number of rotatable bonds is 22. The number of carbonyl (C=O) groups excluding carboxylic acids is 3. The van der Waals surface area contributed by atoms with Crippen LogP contribution in [0.4, 0.5) is 0 Å². The summed E-state index contributed by atoms with van der Waals surface area (Å²) < 4.78 is 9.36. The third-order valence-electron chi connectivity index (χ3n) is 5.52. The molecule has 0 aliphatic heterocycles. The van der Waals surface area contributed by atoms with Crippen molar-refractivity contribution in [3.8, 4) is 0 Å². The standard InChI is InChI=1S/C26H46N2O5S2/c1-4-5-6-7-8-9-10-11-12-13-14-15-16-17-18-19-23(29)26(28,25(31)33-3)21-35-34-20-22(27)24(30)32-2/h8-9,11-12,22H,4-7,10,13-21,27-28H2,1-3H3/b9-8-,12-11-/t22-,26+/m0/s1. The molecule has 0 fully saturated rings. The van der Waals surface area contributed by atoms with E-state index in [4.69, 9.17) is 16.2 Å². The van der Waals surface area contributed by atoms with Crippen molar-refractivity contribution >= 4 is 39.3 Å². The summed E-state index contributed by atoms with van der Waals surface area (Å²) in [5.74, 6) is -1.23. The maximum absolute atomic E-state index is 12.7. The highest BCUT2D eigenvalue weighted by Gasteiger charge is 2.42. The highest BCUT2D eigenvalue weighted by molar-refractivity contribution is 8.76. The van der Waals surface area contributed by atoms with Gasteiger partial charge in [0.25, 0.3) is 0 Å². The molecule has 0 unspecified atom stereocenters. The zero-order valence-electron chi connectivity index (χ0n) is 21.8. The van der Waals surface area contributed by atoms with Gasteiger partial charge in [-0.2, -0.15) is 0 Å². The van der Waals surface area contributed by atoms with Crippen LogP contribution in [0.2, 0.25) is 0 Å². The summed E-state index contributed by atoms with van der Waals surface area (Å²) in [4.78, 5) is 36.3. The second-order valence-electron chi connectivity index (χ2n) is 8.54. The first-order valence-corrected chi connectivity index (χ1v) is 15.1. The van der Waals surface area contributed by atoms with Crippen molar-refractivity contribution in [2.24, 2.45) is 11.5 Å². The number of hydrogen-bond donors (Lipinski definition) is 2. The minimum Gasteiger partial charge on any atom is -0.468 e. The Morgan fingerprint density at radius 2 is 1.46 bits per heavy atom. The quantitative estimate of drug-likeness (QED) is 0.0645. The number of ether oxygens (including phenoxy) is 2. The van der Waals surface area contributed by atoms with Crippen molar-refractivity contribution in [2.75, 3.05) is 25.7 Å². The van der Waals surface area contributed by atoms with Crippen LogP contribution in [-0.4, -0.2) is 55.0 Å². The zero-order chi connectivity index (χ0) is 26.4. The van der Waals surface area contributed by atoms with Gasteiger partial charge >= 0.3 is 11.9 Å². The molecule has 0 heterocycles. The van der Waals surface area contributed by atoms with E-state index in [1.54, 1.807) is 0 Å². The number of carbonyl (C=O) groups is 3. The van der Waals surface area contributed by atoms with E-state index in [9.17, 15) is 14.4 Å². The lowest BCUT2D eigenvalue weighted by Crippen LogP contribution is -2.57. The second-order valence-corrected chi connectivity index (χ2v) is 11.1. The van der Waals surface area contributed by atoms with Gasteiger partial charge in [-0.25, -0.2) is 4.79 Å². The monoisotopic (exact) mass is 530 g/mol. The van der Waals surface area contributed by atoms with Gasteiger partial charge in [0.2, 0.25) is 0 Å². The number of methoxy groups -OCH3 is 2. The van der Waals surface area contributed by atoms with E-state index < -0.39 is 23.5 Å². The van der Waals surface area contributed by atoms with E-state index in [-0.39, 0.29) is 23.7 Å². The molecule has 0 aromatic rings. The molecule has 0 aliphatic carbocycles. The third kappa shape index (κ3) is 16.1. The smallest absolute Gasteiger partial charge is 0.334 e. The van der Waals surface area contributed by atoms with Crippen molar-refractivity contribution in [3.63, 3.8) is 0 Å². The SMILES string of the molecule is CCCCC/C=C\C/C=C\CCCCCCCC(=O)[C@](N)(CSSC[C@H](N)C(=O)OC)C(=O)OC. The van der Waals surface area contributed by atoms with Crippen LogP contribution in [0, 0.1) is 0 Å². The molecule has 7 nitrogen and oxygen atoms in total. The van der Waals surface area contributed by atoms with Gasteiger partial charge in [-0.05, 0) is 38.5 Å². The number of allylic oxidation sites excluding steroid dienone is 4. The fourth-order valence-electron chi connectivity index (χ4n) is 3.23. The highest BCUT2D eigenvalue weighted by atomic mass is 33.1. The van der Waals surface area contributed by atoms with Crippen LogP contribution in [0.25, 0.3) is 0 Å². The molecule has 9 heteroatoms. The molecule has 0 bridgehead atoms. The predicted molar refractivity (Wildman–Crippen MR) is 148 cm³/mol. The third-order valence-corrected chi connectivity index (χ3v) is 8.02. The molecule has 35 heavy (non-hydrogen) atoms. The Kier molecular flexibility index (Phi) is 21.1.